The highest BCUT2D eigenvalue weighted by Gasteiger charge is 2.26. The predicted molar refractivity (Wildman–Crippen MR) is 124 cm³/mol. The lowest BCUT2D eigenvalue weighted by Gasteiger charge is -2.24. The molecule has 2 aromatic rings. The van der Waals surface area contributed by atoms with Crippen molar-refractivity contribution in [2.75, 3.05) is 26.2 Å². The maximum absolute atomic E-state index is 9.43. The molecule has 0 atom stereocenters. The molecule has 2 aromatic heterocycles. The van der Waals surface area contributed by atoms with Gasteiger partial charge in [0.05, 0.1) is 24.8 Å². The monoisotopic (exact) mass is 408 g/mol. The third kappa shape index (κ3) is 4.35. The summed E-state index contributed by atoms with van der Waals surface area (Å²) in [4.78, 5) is 2.33. The molecule has 4 heteroatoms. The van der Waals surface area contributed by atoms with Crippen molar-refractivity contribution < 1.29 is 9.52 Å². The zero-order valence-corrected chi connectivity index (χ0v) is 18.6. The highest BCUT2D eigenvalue weighted by molar-refractivity contribution is 5.67. The van der Waals surface area contributed by atoms with Crippen LogP contribution in [0.1, 0.15) is 63.9 Å². The summed E-state index contributed by atoms with van der Waals surface area (Å²) in [5.41, 5.74) is 5.41. The average molecular weight is 409 g/mol. The Balaban J connectivity index is 1.89. The quantitative estimate of drug-likeness (QED) is 0.717. The number of furan rings is 1. The van der Waals surface area contributed by atoms with Gasteiger partial charge in [0.1, 0.15) is 0 Å². The molecule has 0 amide bonds. The summed E-state index contributed by atoms with van der Waals surface area (Å²) in [6.07, 6.45) is 18.4. The van der Waals surface area contributed by atoms with Crippen molar-refractivity contribution in [3.05, 3.63) is 46.4 Å². The largest absolute Gasteiger partial charge is 0.472 e. The van der Waals surface area contributed by atoms with Gasteiger partial charge in [0, 0.05) is 35.8 Å². The lowest BCUT2D eigenvalue weighted by molar-refractivity contribution is 0.197. The van der Waals surface area contributed by atoms with E-state index in [1.165, 1.54) is 65.1 Å². The van der Waals surface area contributed by atoms with E-state index in [0.29, 0.717) is 5.92 Å². The van der Waals surface area contributed by atoms with Gasteiger partial charge in [0.2, 0.25) is 0 Å². The van der Waals surface area contributed by atoms with Crippen LogP contribution in [-0.4, -0.2) is 40.8 Å². The van der Waals surface area contributed by atoms with E-state index >= 15 is 0 Å². The summed E-state index contributed by atoms with van der Waals surface area (Å²) in [6.45, 7) is 8.12. The zero-order chi connectivity index (χ0) is 20.9. The molecule has 2 aliphatic rings. The van der Waals surface area contributed by atoms with E-state index in [0.717, 1.165) is 32.6 Å². The van der Waals surface area contributed by atoms with Crippen LogP contribution >= 0.6 is 0 Å². The number of allylic oxidation sites excluding steroid dienone is 2. The lowest BCUT2D eigenvalue weighted by Crippen LogP contribution is -2.35. The molecule has 0 unspecified atom stereocenters. The minimum absolute atomic E-state index is 0.210. The second-order valence-corrected chi connectivity index (χ2v) is 8.75. The van der Waals surface area contributed by atoms with Crippen LogP contribution in [0.25, 0.3) is 23.4 Å². The summed E-state index contributed by atoms with van der Waals surface area (Å²) in [5, 5.41) is 12.2. The summed E-state index contributed by atoms with van der Waals surface area (Å²) < 4.78 is 8.07. The standard InChI is InChI=1S/C26H36N2O2/c1-3-27(15-16-29)13-14-28-24-18-20(2)8-7-11-23(24)25(21-9-5-4-6-10-21)26(28)22-12-17-30-19-22/h8,11-12,17-19,21,29H,3-7,9-10,13-16H2,1-2H3. The molecular formula is C26H36N2O2. The lowest BCUT2D eigenvalue weighted by atomic mass is 9.82. The summed E-state index contributed by atoms with van der Waals surface area (Å²) in [5.74, 6) is 0.626. The van der Waals surface area contributed by atoms with E-state index in [1.807, 2.05) is 6.26 Å². The second-order valence-electron chi connectivity index (χ2n) is 8.75. The van der Waals surface area contributed by atoms with Gasteiger partial charge >= 0.3 is 0 Å². The fraction of sp³-hybridized carbons (Fsp3) is 0.538. The van der Waals surface area contributed by atoms with Gasteiger partial charge in [-0.05, 0) is 56.4 Å². The Bertz CT molecular complexity index is 975. The Morgan fingerprint density at radius 2 is 2.00 bits per heavy atom. The molecule has 0 saturated heterocycles. The fourth-order valence-electron chi connectivity index (χ4n) is 5.24. The number of fused-ring (bicyclic) bond motifs is 1. The Kier molecular flexibility index (Phi) is 6.96. The van der Waals surface area contributed by atoms with Crippen molar-refractivity contribution in [3.8, 4) is 11.3 Å². The highest BCUT2D eigenvalue weighted by Crippen LogP contribution is 2.36. The van der Waals surface area contributed by atoms with Gasteiger partial charge in [-0.3, -0.25) is 4.90 Å². The van der Waals surface area contributed by atoms with Gasteiger partial charge in [0.15, 0.2) is 0 Å². The molecule has 1 N–H and O–H groups in total. The predicted octanol–water partition coefficient (Wildman–Crippen LogP) is 4.02. The van der Waals surface area contributed by atoms with Gasteiger partial charge in [-0.15, -0.1) is 0 Å². The Labute approximate surface area is 180 Å². The molecule has 30 heavy (non-hydrogen) atoms. The molecule has 1 saturated carbocycles. The van der Waals surface area contributed by atoms with Crippen molar-refractivity contribution in [2.24, 2.45) is 0 Å². The van der Waals surface area contributed by atoms with Crippen LogP contribution in [0.3, 0.4) is 0 Å². The topological polar surface area (TPSA) is 41.5 Å². The number of aliphatic hydroxyl groups excluding tert-OH is 1. The van der Waals surface area contributed by atoms with Crippen molar-refractivity contribution in [3.63, 3.8) is 0 Å². The average Bonchev–Trinajstić information content (AvgIpc) is 3.34. The van der Waals surface area contributed by atoms with Gasteiger partial charge in [-0.25, -0.2) is 0 Å². The number of aromatic nitrogens is 1. The SMILES string of the molecule is CCN(CCO)CCn1c(-c2ccoc2)c(C2CCCCC2)c2c1=CC(C)=CCC=2. The van der Waals surface area contributed by atoms with E-state index in [1.54, 1.807) is 6.26 Å². The van der Waals surface area contributed by atoms with Crippen LogP contribution in [0, 0.1) is 0 Å². The first-order valence-electron chi connectivity index (χ1n) is 11.7. The molecule has 4 rings (SSSR count). The first-order chi connectivity index (χ1) is 14.7. The first kappa shape index (κ1) is 21.2. The molecule has 0 bridgehead atoms. The van der Waals surface area contributed by atoms with Crippen molar-refractivity contribution in [1.82, 2.24) is 9.47 Å². The number of hydrogen-bond donors (Lipinski definition) is 1. The van der Waals surface area contributed by atoms with Crippen LogP contribution in [0.4, 0.5) is 0 Å². The van der Waals surface area contributed by atoms with E-state index < -0.39 is 0 Å². The molecular weight excluding hydrogens is 372 g/mol. The smallest absolute Gasteiger partial charge is 0.0996 e. The van der Waals surface area contributed by atoms with Crippen LogP contribution < -0.4 is 10.6 Å². The van der Waals surface area contributed by atoms with Crippen LogP contribution in [0.5, 0.6) is 0 Å². The number of likely N-dealkylation sites (N-methyl/N-ethyl adjacent to an activating group) is 1. The van der Waals surface area contributed by atoms with Crippen LogP contribution in [0.2, 0.25) is 0 Å². The van der Waals surface area contributed by atoms with E-state index in [4.69, 9.17) is 4.42 Å². The third-order valence-electron chi connectivity index (χ3n) is 6.82. The molecule has 0 aliphatic heterocycles. The number of nitrogens with zero attached hydrogens (tertiary/aromatic N) is 2. The summed E-state index contributed by atoms with van der Waals surface area (Å²) >= 11 is 0. The number of aliphatic hydroxyl groups is 1. The molecule has 0 aromatic carbocycles. The second kappa shape index (κ2) is 9.84. The van der Waals surface area contributed by atoms with E-state index in [9.17, 15) is 5.11 Å². The minimum atomic E-state index is 0.210. The minimum Gasteiger partial charge on any atom is -0.472 e. The molecule has 2 heterocycles. The Morgan fingerprint density at radius 3 is 2.70 bits per heavy atom. The maximum Gasteiger partial charge on any atom is 0.0996 e. The summed E-state index contributed by atoms with van der Waals surface area (Å²) in [6, 6.07) is 2.12. The molecule has 0 spiro atoms. The Hall–Kier alpha value is -2.04. The van der Waals surface area contributed by atoms with Gasteiger partial charge < -0.3 is 14.1 Å². The Morgan fingerprint density at radius 1 is 1.17 bits per heavy atom. The number of rotatable bonds is 8. The van der Waals surface area contributed by atoms with Gasteiger partial charge in [-0.2, -0.15) is 0 Å². The summed E-state index contributed by atoms with van der Waals surface area (Å²) in [7, 11) is 0. The molecule has 2 aliphatic carbocycles. The third-order valence-corrected chi connectivity index (χ3v) is 6.82. The van der Waals surface area contributed by atoms with Gasteiger partial charge in [-0.1, -0.05) is 43.9 Å². The van der Waals surface area contributed by atoms with Crippen molar-refractivity contribution >= 4 is 12.2 Å². The van der Waals surface area contributed by atoms with Crippen molar-refractivity contribution in [2.45, 2.75) is 64.8 Å². The maximum atomic E-state index is 9.43. The molecule has 4 nitrogen and oxygen atoms in total. The van der Waals surface area contributed by atoms with E-state index in [2.05, 4.69) is 47.6 Å². The zero-order valence-electron chi connectivity index (χ0n) is 18.6. The highest BCUT2D eigenvalue weighted by atomic mass is 16.3. The normalized spacial score (nSPS) is 17.3. The van der Waals surface area contributed by atoms with Crippen LogP contribution in [0.15, 0.2) is 34.7 Å². The van der Waals surface area contributed by atoms with Crippen LogP contribution in [-0.2, 0) is 6.54 Å². The first-order valence-corrected chi connectivity index (χ1v) is 11.7. The van der Waals surface area contributed by atoms with E-state index in [-0.39, 0.29) is 6.61 Å². The number of hydrogen-bond acceptors (Lipinski definition) is 3. The molecule has 1 fully saturated rings. The van der Waals surface area contributed by atoms with Crippen molar-refractivity contribution in [1.29, 1.82) is 0 Å². The molecule has 162 valence electrons. The van der Waals surface area contributed by atoms with Gasteiger partial charge in [0.25, 0.3) is 0 Å². The molecule has 0 radical (unpaired) electrons. The fourth-order valence-corrected chi connectivity index (χ4v) is 5.24.